The lowest BCUT2D eigenvalue weighted by Gasteiger charge is -2.20. The van der Waals surface area contributed by atoms with E-state index >= 15 is 0 Å². The third kappa shape index (κ3) is 6.24. The van der Waals surface area contributed by atoms with E-state index in [0.717, 1.165) is 23.2 Å². The van der Waals surface area contributed by atoms with Gasteiger partial charge in [-0.3, -0.25) is 4.79 Å². The maximum Gasteiger partial charge on any atom is 0.239 e. The lowest BCUT2D eigenvalue weighted by molar-refractivity contribution is -0.115. The summed E-state index contributed by atoms with van der Waals surface area (Å²) in [5.41, 5.74) is 2.92. The van der Waals surface area contributed by atoms with Gasteiger partial charge in [0.2, 0.25) is 15.9 Å². The molecule has 0 aliphatic rings. The highest BCUT2D eigenvalue weighted by atomic mass is 32.2. The molecular weight excluding hydrogens is 324 g/mol. The van der Waals surface area contributed by atoms with Gasteiger partial charge in [0.15, 0.2) is 0 Å². The monoisotopic (exact) mass is 354 g/mol. The van der Waals surface area contributed by atoms with Crippen molar-refractivity contribution in [1.29, 1.82) is 0 Å². The molecule has 1 aromatic carbocycles. The van der Waals surface area contributed by atoms with Gasteiger partial charge in [0.25, 0.3) is 0 Å². The Morgan fingerprint density at radius 1 is 1.08 bits per heavy atom. The molecule has 0 saturated heterocycles. The number of benzene rings is 1. The Labute approximate surface area is 146 Å². The van der Waals surface area contributed by atoms with Crippen LogP contribution >= 0.6 is 0 Å². The first kappa shape index (κ1) is 20.6. The van der Waals surface area contributed by atoms with Crippen molar-refractivity contribution < 1.29 is 13.2 Å². The lowest BCUT2D eigenvalue weighted by Crippen LogP contribution is -2.34. The van der Waals surface area contributed by atoms with E-state index in [1.54, 1.807) is 0 Å². The minimum absolute atomic E-state index is 0.0522. The normalized spacial score (nSPS) is 12.0. The molecule has 0 spiro atoms. The molecule has 0 fully saturated rings. The fraction of sp³-hybridized carbons (Fsp3) is 0.611. The minimum Gasteiger partial charge on any atom is -0.324 e. The molecule has 1 aromatic rings. The Bertz CT molecular complexity index is 626. The quantitative estimate of drug-likeness (QED) is 0.711. The van der Waals surface area contributed by atoms with Gasteiger partial charge in [0.1, 0.15) is 0 Å². The first-order valence-corrected chi connectivity index (χ1v) is 10.2. The number of unbranched alkanes of at least 4 members (excludes halogenated alkanes) is 1. The summed E-state index contributed by atoms with van der Waals surface area (Å²) in [5.74, 6) is 0.238. The molecule has 0 aliphatic heterocycles. The second-order valence-electron chi connectivity index (χ2n) is 6.66. The number of anilines is 1. The molecule has 6 heteroatoms. The Hall–Kier alpha value is -1.40. The standard InChI is InChI=1S/C18H30N2O3S/c1-6-7-11-24(22,23)19-12-17(21)20-18-15(13(2)3)9-8-10-16(18)14(4)5/h8-10,13-14,19H,6-7,11-12H2,1-5H3,(H,20,21). The molecule has 0 heterocycles. The summed E-state index contributed by atoms with van der Waals surface area (Å²) < 4.78 is 26.0. The Morgan fingerprint density at radius 3 is 2.08 bits per heavy atom. The molecular formula is C18H30N2O3S. The summed E-state index contributed by atoms with van der Waals surface area (Å²) in [6, 6.07) is 5.99. The first-order valence-electron chi connectivity index (χ1n) is 8.58. The molecule has 0 saturated carbocycles. The minimum atomic E-state index is -3.39. The van der Waals surface area contributed by atoms with E-state index in [0.29, 0.717) is 6.42 Å². The molecule has 0 bridgehead atoms. The average Bonchev–Trinajstić information content (AvgIpc) is 2.51. The van der Waals surface area contributed by atoms with Gasteiger partial charge in [-0.25, -0.2) is 13.1 Å². The van der Waals surface area contributed by atoms with Gasteiger partial charge < -0.3 is 5.32 Å². The zero-order valence-electron chi connectivity index (χ0n) is 15.3. The van der Waals surface area contributed by atoms with E-state index in [-0.39, 0.29) is 30.0 Å². The molecule has 0 aromatic heterocycles. The van der Waals surface area contributed by atoms with Crippen molar-refractivity contribution in [3.05, 3.63) is 29.3 Å². The molecule has 0 radical (unpaired) electrons. The maximum absolute atomic E-state index is 12.2. The number of hydrogen-bond acceptors (Lipinski definition) is 3. The van der Waals surface area contributed by atoms with Gasteiger partial charge in [0.05, 0.1) is 12.3 Å². The van der Waals surface area contributed by atoms with Crippen LogP contribution in [-0.2, 0) is 14.8 Å². The molecule has 1 amide bonds. The lowest BCUT2D eigenvalue weighted by atomic mass is 9.92. The van der Waals surface area contributed by atoms with Crippen molar-refractivity contribution in [3.63, 3.8) is 0 Å². The van der Waals surface area contributed by atoms with Crippen molar-refractivity contribution in [2.75, 3.05) is 17.6 Å². The summed E-state index contributed by atoms with van der Waals surface area (Å²) in [5, 5.41) is 2.90. The number of sulfonamides is 1. The van der Waals surface area contributed by atoms with E-state index in [2.05, 4.69) is 37.7 Å². The highest BCUT2D eigenvalue weighted by Gasteiger charge is 2.17. The Balaban J connectivity index is 2.87. The number of carbonyl (C=O) groups is 1. The van der Waals surface area contributed by atoms with Crippen LogP contribution in [-0.4, -0.2) is 26.6 Å². The number of carbonyl (C=O) groups excluding carboxylic acids is 1. The summed E-state index contributed by atoms with van der Waals surface area (Å²) in [6.07, 6.45) is 1.39. The van der Waals surface area contributed by atoms with Crippen LogP contribution < -0.4 is 10.0 Å². The van der Waals surface area contributed by atoms with Crippen LogP contribution in [0.25, 0.3) is 0 Å². The second kappa shape index (κ2) is 9.18. The number of amides is 1. The molecule has 0 atom stereocenters. The van der Waals surface area contributed by atoms with E-state index in [1.807, 2.05) is 25.1 Å². The van der Waals surface area contributed by atoms with E-state index in [9.17, 15) is 13.2 Å². The largest absolute Gasteiger partial charge is 0.324 e. The van der Waals surface area contributed by atoms with Crippen LogP contribution in [0.2, 0.25) is 0 Å². The SMILES string of the molecule is CCCCS(=O)(=O)NCC(=O)Nc1c(C(C)C)cccc1C(C)C. The Morgan fingerprint density at radius 2 is 1.62 bits per heavy atom. The summed E-state index contributed by atoms with van der Waals surface area (Å²) in [7, 11) is -3.39. The zero-order valence-corrected chi connectivity index (χ0v) is 16.2. The highest BCUT2D eigenvalue weighted by molar-refractivity contribution is 7.89. The van der Waals surface area contributed by atoms with Gasteiger partial charge in [-0.1, -0.05) is 59.2 Å². The molecule has 24 heavy (non-hydrogen) atoms. The van der Waals surface area contributed by atoms with Crippen molar-refractivity contribution >= 4 is 21.6 Å². The average molecular weight is 355 g/mol. The van der Waals surface area contributed by atoms with Crippen LogP contribution in [0.5, 0.6) is 0 Å². The van der Waals surface area contributed by atoms with Gasteiger partial charge in [-0.2, -0.15) is 0 Å². The Kier molecular flexibility index (Phi) is 7.90. The molecule has 136 valence electrons. The smallest absolute Gasteiger partial charge is 0.239 e. The van der Waals surface area contributed by atoms with Crippen molar-refractivity contribution in [2.45, 2.75) is 59.3 Å². The number of para-hydroxylation sites is 1. The fourth-order valence-electron chi connectivity index (χ4n) is 2.46. The first-order chi connectivity index (χ1) is 11.2. The predicted octanol–water partition coefficient (Wildman–Crippen LogP) is 3.59. The third-order valence-corrected chi connectivity index (χ3v) is 5.27. The number of nitrogens with one attached hydrogen (secondary N) is 2. The van der Waals surface area contributed by atoms with Crippen LogP contribution in [0.15, 0.2) is 18.2 Å². The van der Waals surface area contributed by atoms with E-state index < -0.39 is 10.0 Å². The van der Waals surface area contributed by atoms with Crippen molar-refractivity contribution in [2.24, 2.45) is 0 Å². The molecule has 2 N–H and O–H groups in total. The topological polar surface area (TPSA) is 75.3 Å². The van der Waals surface area contributed by atoms with Crippen LogP contribution in [0, 0.1) is 0 Å². The summed E-state index contributed by atoms with van der Waals surface area (Å²) in [6.45, 7) is 9.98. The van der Waals surface area contributed by atoms with Crippen molar-refractivity contribution in [1.82, 2.24) is 4.72 Å². The van der Waals surface area contributed by atoms with Crippen LogP contribution in [0.3, 0.4) is 0 Å². The van der Waals surface area contributed by atoms with E-state index in [4.69, 9.17) is 0 Å². The van der Waals surface area contributed by atoms with Gasteiger partial charge in [-0.05, 0) is 29.4 Å². The fourth-order valence-corrected chi connectivity index (χ4v) is 3.63. The van der Waals surface area contributed by atoms with E-state index in [1.165, 1.54) is 0 Å². The van der Waals surface area contributed by atoms with Gasteiger partial charge in [0, 0.05) is 5.69 Å². The molecule has 5 nitrogen and oxygen atoms in total. The molecule has 1 rings (SSSR count). The highest BCUT2D eigenvalue weighted by Crippen LogP contribution is 2.32. The van der Waals surface area contributed by atoms with Crippen molar-refractivity contribution in [3.8, 4) is 0 Å². The van der Waals surface area contributed by atoms with Gasteiger partial charge in [-0.15, -0.1) is 0 Å². The number of hydrogen-bond donors (Lipinski definition) is 2. The zero-order chi connectivity index (χ0) is 18.3. The summed E-state index contributed by atoms with van der Waals surface area (Å²) in [4.78, 5) is 12.2. The summed E-state index contributed by atoms with van der Waals surface area (Å²) >= 11 is 0. The number of rotatable bonds is 9. The molecule has 0 aliphatic carbocycles. The maximum atomic E-state index is 12.2. The predicted molar refractivity (Wildman–Crippen MR) is 99.9 cm³/mol. The third-order valence-electron chi connectivity index (χ3n) is 3.86. The van der Waals surface area contributed by atoms with Crippen LogP contribution in [0.4, 0.5) is 5.69 Å². The van der Waals surface area contributed by atoms with Gasteiger partial charge >= 0.3 is 0 Å². The molecule has 0 unspecified atom stereocenters. The van der Waals surface area contributed by atoms with Crippen LogP contribution in [0.1, 0.15) is 70.4 Å². The second-order valence-corrected chi connectivity index (χ2v) is 8.59.